The molecule has 1 saturated carbocycles. The molecule has 1 atom stereocenters. The smallest absolute Gasteiger partial charge is 0.271 e. The van der Waals surface area contributed by atoms with Gasteiger partial charge in [0, 0.05) is 30.5 Å². The number of rotatable bonds is 10. The maximum Gasteiger partial charge on any atom is 0.271 e. The van der Waals surface area contributed by atoms with E-state index in [0.717, 1.165) is 25.5 Å². The van der Waals surface area contributed by atoms with Crippen molar-refractivity contribution < 1.29 is 18.4 Å². The Morgan fingerprint density at radius 3 is 2.34 bits per heavy atom. The Labute approximate surface area is 221 Å². The van der Waals surface area contributed by atoms with E-state index in [9.17, 15) is 18.4 Å². The van der Waals surface area contributed by atoms with Crippen molar-refractivity contribution in [1.29, 1.82) is 0 Å². The summed E-state index contributed by atoms with van der Waals surface area (Å²) in [7, 11) is 0. The number of anilines is 1. The van der Waals surface area contributed by atoms with E-state index in [1.54, 1.807) is 0 Å². The highest BCUT2D eigenvalue weighted by atomic mass is 19.1. The van der Waals surface area contributed by atoms with Gasteiger partial charge in [-0.05, 0) is 63.1 Å². The molecule has 204 valence electrons. The number of amides is 2. The number of fused-ring (bicyclic) bond motifs is 1. The van der Waals surface area contributed by atoms with E-state index < -0.39 is 11.6 Å². The van der Waals surface area contributed by atoms with Crippen LogP contribution in [0.15, 0.2) is 36.8 Å². The first-order valence-electron chi connectivity index (χ1n) is 13.4. The first kappa shape index (κ1) is 27.5. The van der Waals surface area contributed by atoms with Gasteiger partial charge in [0.1, 0.15) is 28.8 Å². The monoisotopic (exact) mass is 526 g/mol. The minimum Gasteiger partial charge on any atom is -0.367 e. The van der Waals surface area contributed by atoms with Crippen molar-refractivity contribution in [3.8, 4) is 0 Å². The average molecular weight is 527 g/mol. The topological polar surface area (TPSA) is 100 Å². The summed E-state index contributed by atoms with van der Waals surface area (Å²) in [5.41, 5.74) is 0.913. The quantitative estimate of drug-likeness (QED) is 0.341. The summed E-state index contributed by atoms with van der Waals surface area (Å²) in [6.45, 7) is 6.41. The van der Waals surface area contributed by atoms with Crippen LogP contribution in [-0.2, 0) is 0 Å². The summed E-state index contributed by atoms with van der Waals surface area (Å²) in [5.74, 6) is -0.629. The first-order valence-corrected chi connectivity index (χ1v) is 13.4. The SMILES string of the molecule is CC(C)CCCC(C)Nc1ncc(F)cc1C(=O)N[C@H]1CC[C@@H](NC(=O)c2cn3cc(F)ccc3n2)CC1. The van der Waals surface area contributed by atoms with E-state index in [2.05, 4.69) is 39.8 Å². The van der Waals surface area contributed by atoms with Gasteiger partial charge in [0.05, 0.1) is 11.8 Å². The minimum absolute atomic E-state index is 0.0584. The second-order valence-electron chi connectivity index (χ2n) is 10.7. The van der Waals surface area contributed by atoms with Crippen LogP contribution >= 0.6 is 0 Å². The Morgan fingerprint density at radius 2 is 1.66 bits per heavy atom. The Kier molecular flexibility index (Phi) is 8.91. The van der Waals surface area contributed by atoms with E-state index in [0.29, 0.717) is 43.1 Å². The molecule has 8 nitrogen and oxygen atoms in total. The second kappa shape index (κ2) is 12.3. The standard InChI is InChI=1S/C28H36F2N6O2/c1-17(2)5-4-6-18(3)32-26-23(13-20(30)14-31-26)27(37)33-21-8-10-22(11-9-21)34-28(38)24-16-36-15-19(29)7-12-25(36)35-24/h7,12-18,21-22H,4-6,8-11H2,1-3H3,(H,31,32)(H,33,37)(H,34,38)/t18?,21-,22+. The molecule has 10 heteroatoms. The van der Waals surface area contributed by atoms with E-state index in [-0.39, 0.29) is 41.2 Å². The lowest BCUT2D eigenvalue weighted by Gasteiger charge is -2.29. The van der Waals surface area contributed by atoms with Gasteiger partial charge in [-0.3, -0.25) is 9.59 Å². The van der Waals surface area contributed by atoms with E-state index in [1.807, 2.05) is 6.92 Å². The van der Waals surface area contributed by atoms with Crippen molar-refractivity contribution in [2.45, 2.75) is 83.8 Å². The molecule has 0 radical (unpaired) electrons. The van der Waals surface area contributed by atoms with Gasteiger partial charge in [-0.2, -0.15) is 0 Å². The Bertz CT molecular complexity index is 1270. The first-order chi connectivity index (χ1) is 18.2. The van der Waals surface area contributed by atoms with Gasteiger partial charge >= 0.3 is 0 Å². The van der Waals surface area contributed by atoms with Crippen LogP contribution in [0.2, 0.25) is 0 Å². The molecule has 1 aliphatic rings. The number of hydrogen-bond donors (Lipinski definition) is 3. The number of pyridine rings is 2. The highest BCUT2D eigenvalue weighted by molar-refractivity contribution is 5.99. The maximum atomic E-state index is 14.0. The summed E-state index contributed by atoms with van der Waals surface area (Å²) in [5, 5.41) is 9.27. The van der Waals surface area contributed by atoms with Gasteiger partial charge in [0.15, 0.2) is 0 Å². The molecular formula is C28H36F2N6O2. The molecule has 0 aromatic carbocycles. The van der Waals surface area contributed by atoms with Gasteiger partial charge in [0.25, 0.3) is 11.8 Å². The second-order valence-corrected chi connectivity index (χ2v) is 10.7. The molecule has 1 fully saturated rings. The number of aromatic nitrogens is 3. The lowest BCUT2D eigenvalue weighted by Crippen LogP contribution is -2.44. The highest BCUT2D eigenvalue weighted by Gasteiger charge is 2.26. The number of nitrogens with one attached hydrogen (secondary N) is 3. The predicted octanol–water partition coefficient (Wildman–Crippen LogP) is 5.11. The van der Waals surface area contributed by atoms with Gasteiger partial charge in [-0.1, -0.05) is 26.7 Å². The van der Waals surface area contributed by atoms with Crippen LogP contribution in [0, 0.1) is 17.6 Å². The fraction of sp³-hybridized carbons (Fsp3) is 0.500. The van der Waals surface area contributed by atoms with Gasteiger partial charge in [-0.15, -0.1) is 0 Å². The molecule has 0 aliphatic heterocycles. The summed E-state index contributed by atoms with van der Waals surface area (Å²) in [4.78, 5) is 34.1. The van der Waals surface area contributed by atoms with Crippen molar-refractivity contribution in [2.75, 3.05) is 5.32 Å². The molecule has 0 bridgehead atoms. The lowest BCUT2D eigenvalue weighted by atomic mass is 9.91. The number of carbonyl (C=O) groups is 2. The third-order valence-electron chi connectivity index (χ3n) is 6.95. The molecule has 2 amide bonds. The molecular weight excluding hydrogens is 490 g/mol. The zero-order valence-electron chi connectivity index (χ0n) is 22.1. The van der Waals surface area contributed by atoms with Gasteiger partial charge in [-0.25, -0.2) is 18.7 Å². The number of hydrogen-bond acceptors (Lipinski definition) is 5. The third kappa shape index (κ3) is 7.26. The van der Waals surface area contributed by atoms with Crippen molar-refractivity contribution in [3.63, 3.8) is 0 Å². The summed E-state index contributed by atoms with van der Waals surface area (Å²) < 4.78 is 28.9. The van der Waals surface area contributed by atoms with Crippen LogP contribution < -0.4 is 16.0 Å². The van der Waals surface area contributed by atoms with Crippen molar-refractivity contribution in [3.05, 3.63) is 59.7 Å². The van der Waals surface area contributed by atoms with Gasteiger partial charge in [0.2, 0.25) is 0 Å². The number of nitrogens with zero attached hydrogens (tertiary/aromatic N) is 3. The minimum atomic E-state index is -0.561. The number of halogens is 2. The van der Waals surface area contributed by atoms with Crippen molar-refractivity contribution in [2.24, 2.45) is 5.92 Å². The molecule has 0 saturated heterocycles. The van der Waals surface area contributed by atoms with Crippen molar-refractivity contribution in [1.82, 2.24) is 25.0 Å². The summed E-state index contributed by atoms with van der Waals surface area (Å²) >= 11 is 0. The fourth-order valence-electron chi connectivity index (χ4n) is 4.84. The van der Waals surface area contributed by atoms with Crippen LogP contribution in [0.4, 0.5) is 14.6 Å². The largest absolute Gasteiger partial charge is 0.367 e. The molecule has 4 rings (SSSR count). The van der Waals surface area contributed by atoms with Crippen LogP contribution in [0.3, 0.4) is 0 Å². The molecule has 3 heterocycles. The summed E-state index contributed by atoms with van der Waals surface area (Å²) in [6.07, 6.45) is 9.71. The molecule has 1 aliphatic carbocycles. The Hall–Kier alpha value is -3.56. The van der Waals surface area contributed by atoms with Gasteiger partial charge < -0.3 is 20.4 Å². The normalized spacial score (nSPS) is 18.4. The van der Waals surface area contributed by atoms with E-state index >= 15 is 0 Å². The summed E-state index contributed by atoms with van der Waals surface area (Å²) in [6, 6.07) is 3.99. The van der Waals surface area contributed by atoms with Crippen LogP contribution in [0.5, 0.6) is 0 Å². The third-order valence-corrected chi connectivity index (χ3v) is 6.95. The molecule has 3 N–H and O–H groups in total. The lowest BCUT2D eigenvalue weighted by molar-refractivity contribution is 0.0889. The Balaban J connectivity index is 1.29. The van der Waals surface area contributed by atoms with Crippen molar-refractivity contribution >= 4 is 23.3 Å². The van der Waals surface area contributed by atoms with Crippen LogP contribution in [-0.4, -0.2) is 44.3 Å². The Morgan fingerprint density at radius 1 is 0.974 bits per heavy atom. The fourth-order valence-corrected chi connectivity index (χ4v) is 4.84. The number of carbonyl (C=O) groups excluding carboxylic acids is 2. The highest BCUT2D eigenvalue weighted by Crippen LogP contribution is 2.22. The molecule has 1 unspecified atom stereocenters. The van der Waals surface area contributed by atoms with E-state index in [4.69, 9.17) is 0 Å². The van der Waals surface area contributed by atoms with Crippen LogP contribution in [0.1, 0.15) is 86.6 Å². The molecule has 38 heavy (non-hydrogen) atoms. The number of imidazole rings is 1. The molecule has 3 aromatic rings. The predicted molar refractivity (Wildman–Crippen MR) is 142 cm³/mol. The zero-order chi connectivity index (χ0) is 27.2. The zero-order valence-corrected chi connectivity index (χ0v) is 22.1. The average Bonchev–Trinajstić information content (AvgIpc) is 3.29. The van der Waals surface area contributed by atoms with E-state index in [1.165, 1.54) is 35.0 Å². The molecule has 3 aromatic heterocycles. The maximum absolute atomic E-state index is 14.0. The van der Waals surface area contributed by atoms with Crippen LogP contribution in [0.25, 0.3) is 5.65 Å². The molecule has 0 spiro atoms.